The largest absolute Gasteiger partial charge is 0.573 e. The number of anilines is 1. The molecule has 3 aromatic rings. The molecule has 4 nitrogen and oxygen atoms in total. The molecule has 7 heteroatoms. The van der Waals surface area contributed by atoms with E-state index in [0.29, 0.717) is 5.56 Å². The third-order valence-corrected chi connectivity index (χ3v) is 4.06. The van der Waals surface area contributed by atoms with Gasteiger partial charge in [-0.05, 0) is 41.8 Å². The molecule has 0 spiro atoms. The first-order valence-electron chi connectivity index (χ1n) is 8.50. The molecule has 28 heavy (non-hydrogen) atoms. The van der Waals surface area contributed by atoms with E-state index in [9.17, 15) is 18.0 Å². The molecule has 3 rings (SSSR count). The van der Waals surface area contributed by atoms with Crippen molar-refractivity contribution in [1.82, 2.24) is 4.98 Å². The number of hydrogen-bond donors (Lipinski definition) is 1. The van der Waals surface area contributed by atoms with E-state index in [2.05, 4.69) is 21.6 Å². The number of amides is 1. The lowest BCUT2D eigenvalue weighted by Crippen LogP contribution is -2.25. The van der Waals surface area contributed by atoms with Crippen molar-refractivity contribution in [3.05, 3.63) is 60.3 Å². The minimum absolute atomic E-state index is 0.102. The van der Waals surface area contributed by atoms with Gasteiger partial charge >= 0.3 is 6.36 Å². The number of fused-ring (bicyclic) bond motifs is 1. The number of benzene rings is 2. The van der Waals surface area contributed by atoms with Crippen molar-refractivity contribution in [2.75, 3.05) is 11.9 Å². The summed E-state index contributed by atoms with van der Waals surface area (Å²) in [4.78, 5) is 17.0. The number of nitrogens with zero attached hydrogens (tertiary/aromatic N) is 1. The SMILES string of the molecule is CN(C(=O)CCC#Cc1cccc(OC(F)(F)F)c1)c1ccc2cc[nH]c2c1. The zero-order valence-electron chi connectivity index (χ0n) is 15.0. The Kier molecular flexibility index (Phi) is 5.59. The van der Waals surface area contributed by atoms with Crippen LogP contribution in [0.5, 0.6) is 5.75 Å². The number of rotatable bonds is 4. The first-order valence-corrected chi connectivity index (χ1v) is 8.50. The van der Waals surface area contributed by atoms with Gasteiger partial charge in [0, 0.05) is 42.9 Å². The van der Waals surface area contributed by atoms with Crippen LogP contribution in [0.15, 0.2) is 54.7 Å². The molecule has 1 aromatic heterocycles. The van der Waals surface area contributed by atoms with Crippen LogP contribution >= 0.6 is 0 Å². The Labute approximate surface area is 159 Å². The average molecular weight is 386 g/mol. The summed E-state index contributed by atoms with van der Waals surface area (Å²) < 4.78 is 40.6. The summed E-state index contributed by atoms with van der Waals surface area (Å²) in [6.45, 7) is 0. The van der Waals surface area contributed by atoms with Crippen molar-refractivity contribution in [3.63, 3.8) is 0 Å². The highest BCUT2D eigenvalue weighted by Gasteiger charge is 2.31. The number of ether oxygens (including phenoxy) is 1. The number of carbonyl (C=O) groups is 1. The number of carbonyl (C=O) groups excluding carboxylic acids is 1. The second-order valence-corrected chi connectivity index (χ2v) is 6.08. The molecule has 0 saturated heterocycles. The van der Waals surface area contributed by atoms with Crippen molar-refractivity contribution in [2.45, 2.75) is 19.2 Å². The topological polar surface area (TPSA) is 45.3 Å². The molecule has 2 aromatic carbocycles. The molecule has 0 bridgehead atoms. The van der Waals surface area contributed by atoms with Gasteiger partial charge in [0.05, 0.1) is 0 Å². The average Bonchev–Trinajstić information content (AvgIpc) is 3.11. The van der Waals surface area contributed by atoms with Crippen molar-refractivity contribution in [1.29, 1.82) is 0 Å². The van der Waals surface area contributed by atoms with Gasteiger partial charge in [-0.3, -0.25) is 4.79 Å². The highest BCUT2D eigenvalue weighted by atomic mass is 19.4. The maximum absolute atomic E-state index is 12.3. The van der Waals surface area contributed by atoms with Gasteiger partial charge in [-0.2, -0.15) is 0 Å². The Morgan fingerprint density at radius 1 is 1.18 bits per heavy atom. The highest BCUT2D eigenvalue weighted by Crippen LogP contribution is 2.23. The summed E-state index contributed by atoms with van der Waals surface area (Å²) in [5, 5.41) is 1.06. The Balaban J connectivity index is 1.57. The molecule has 1 N–H and O–H groups in total. The summed E-state index contributed by atoms with van der Waals surface area (Å²) in [6, 6.07) is 13.1. The van der Waals surface area contributed by atoms with Crippen LogP contribution in [0.3, 0.4) is 0 Å². The Bertz CT molecular complexity index is 1040. The Hall–Kier alpha value is -3.40. The van der Waals surface area contributed by atoms with Crippen molar-refractivity contribution >= 4 is 22.5 Å². The summed E-state index contributed by atoms with van der Waals surface area (Å²) in [5.41, 5.74) is 2.10. The van der Waals surface area contributed by atoms with E-state index >= 15 is 0 Å². The van der Waals surface area contributed by atoms with Crippen LogP contribution in [-0.4, -0.2) is 24.3 Å². The normalized spacial score (nSPS) is 11.0. The molecule has 0 radical (unpaired) electrons. The van der Waals surface area contributed by atoms with Crippen LogP contribution in [0.4, 0.5) is 18.9 Å². The quantitative estimate of drug-likeness (QED) is 0.651. The maximum atomic E-state index is 12.3. The molecular formula is C21H17F3N2O2. The lowest BCUT2D eigenvalue weighted by molar-refractivity contribution is -0.274. The smallest absolute Gasteiger partial charge is 0.406 e. The molecule has 144 valence electrons. The summed E-state index contributed by atoms with van der Waals surface area (Å²) in [7, 11) is 1.69. The molecule has 1 amide bonds. The first-order chi connectivity index (χ1) is 13.3. The van der Waals surface area contributed by atoms with Crippen LogP contribution < -0.4 is 9.64 Å². The Morgan fingerprint density at radius 3 is 2.79 bits per heavy atom. The lowest BCUT2D eigenvalue weighted by atomic mass is 10.2. The third kappa shape index (κ3) is 5.07. The number of nitrogens with one attached hydrogen (secondary N) is 1. The molecule has 1 heterocycles. The van der Waals surface area contributed by atoms with E-state index in [1.54, 1.807) is 18.0 Å². The van der Waals surface area contributed by atoms with Crippen LogP contribution in [0.2, 0.25) is 0 Å². The predicted molar refractivity (Wildman–Crippen MR) is 101 cm³/mol. The van der Waals surface area contributed by atoms with Gasteiger partial charge in [0.1, 0.15) is 5.75 Å². The van der Waals surface area contributed by atoms with Gasteiger partial charge in [0.2, 0.25) is 5.91 Å². The molecule has 0 unspecified atom stereocenters. The van der Waals surface area contributed by atoms with Crippen LogP contribution in [-0.2, 0) is 4.79 Å². The van der Waals surface area contributed by atoms with Gasteiger partial charge in [0.15, 0.2) is 0 Å². The molecule has 0 aliphatic carbocycles. The predicted octanol–water partition coefficient (Wildman–Crippen LogP) is 4.86. The monoisotopic (exact) mass is 386 g/mol. The third-order valence-electron chi connectivity index (χ3n) is 4.06. The number of H-pyrrole nitrogens is 1. The lowest BCUT2D eigenvalue weighted by Gasteiger charge is -2.16. The molecule has 0 atom stereocenters. The van der Waals surface area contributed by atoms with E-state index in [-0.39, 0.29) is 24.5 Å². The summed E-state index contributed by atoms with van der Waals surface area (Å²) >= 11 is 0. The summed E-state index contributed by atoms with van der Waals surface area (Å²) in [5.74, 6) is 5.14. The van der Waals surface area contributed by atoms with Gasteiger partial charge in [-0.15, -0.1) is 13.2 Å². The second-order valence-electron chi connectivity index (χ2n) is 6.08. The van der Waals surface area contributed by atoms with E-state index < -0.39 is 6.36 Å². The molecule has 0 aliphatic rings. The highest BCUT2D eigenvalue weighted by molar-refractivity contribution is 5.95. The van der Waals surface area contributed by atoms with Gasteiger partial charge in [0.25, 0.3) is 0 Å². The van der Waals surface area contributed by atoms with Crippen LogP contribution in [0.1, 0.15) is 18.4 Å². The number of halogens is 3. The minimum atomic E-state index is -4.74. The first kappa shape index (κ1) is 19.4. The fraction of sp³-hybridized carbons (Fsp3) is 0.190. The zero-order valence-corrected chi connectivity index (χ0v) is 15.0. The van der Waals surface area contributed by atoms with E-state index in [1.165, 1.54) is 18.2 Å². The van der Waals surface area contributed by atoms with Crippen molar-refractivity contribution < 1.29 is 22.7 Å². The van der Waals surface area contributed by atoms with Gasteiger partial charge in [-0.25, -0.2) is 0 Å². The maximum Gasteiger partial charge on any atom is 0.573 e. The molecule has 0 aliphatic heterocycles. The Morgan fingerprint density at radius 2 is 2.00 bits per heavy atom. The second kappa shape index (κ2) is 8.09. The fourth-order valence-electron chi connectivity index (χ4n) is 2.66. The number of aromatic amines is 1. The summed E-state index contributed by atoms with van der Waals surface area (Å²) in [6.07, 6.45) is -2.42. The van der Waals surface area contributed by atoms with Gasteiger partial charge < -0.3 is 14.6 Å². The van der Waals surface area contributed by atoms with Crippen molar-refractivity contribution in [3.8, 4) is 17.6 Å². The zero-order chi connectivity index (χ0) is 20.1. The molecule has 0 saturated carbocycles. The van der Waals surface area contributed by atoms with Crippen LogP contribution in [0.25, 0.3) is 10.9 Å². The number of aromatic nitrogens is 1. The van der Waals surface area contributed by atoms with E-state index in [0.717, 1.165) is 16.6 Å². The minimum Gasteiger partial charge on any atom is -0.406 e. The molecule has 0 fully saturated rings. The van der Waals surface area contributed by atoms with Crippen molar-refractivity contribution in [2.24, 2.45) is 0 Å². The van der Waals surface area contributed by atoms with E-state index in [1.807, 2.05) is 30.5 Å². The van der Waals surface area contributed by atoms with E-state index in [4.69, 9.17) is 0 Å². The van der Waals surface area contributed by atoms with Gasteiger partial charge in [-0.1, -0.05) is 24.0 Å². The fourth-order valence-corrected chi connectivity index (χ4v) is 2.66. The van der Waals surface area contributed by atoms with Crippen LogP contribution in [0, 0.1) is 11.8 Å². The standard InChI is InChI=1S/C21H17F3N2O2/c1-26(17-10-9-16-11-12-25-19(16)14-17)20(27)8-3-2-5-15-6-4-7-18(13-15)28-21(22,23)24/h4,6-7,9-14,25H,3,8H2,1H3. The number of hydrogen-bond acceptors (Lipinski definition) is 2. The molecular weight excluding hydrogens is 369 g/mol. The number of alkyl halides is 3.